The summed E-state index contributed by atoms with van der Waals surface area (Å²) in [6, 6.07) is 32.2. The number of fused-ring (bicyclic) bond motifs is 2. The van der Waals surface area contributed by atoms with E-state index in [1.807, 2.05) is 12.3 Å². The highest BCUT2D eigenvalue weighted by molar-refractivity contribution is 7.97. The van der Waals surface area contributed by atoms with E-state index in [-0.39, 0.29) is 6.04 Å². The van der Waals surface area contributed by atoms with E-state index < -0.39 is 0 Å². The molecule has 1 aliphatic carbocycles. The van der Waals surface area contributed by atoms with E-state index >= 15 is 0 Å². The topological polar surface area (TPSA) is 56.8 Å². The van der Waals surface area contributed by atoms with E-state index in [9.17, 15) is 0 Å². The Morgan fingerprint density at radius 1 is 0.892 bits per heavy atom. The predicted octanol–water partition coefficient (Wildman–Crippen LogP) is 6.83. The van der Waals surface area contributed by atoms with Crippen molar-refractivity contribution in [2.24, 2.45) is 0 Å². The van der Waals surface area contributed by atoms with Crippen LogP contribution in [0, 0.1) is 0 Å². The van der Waals surface area contributed by atoms with Gasteiger partial charge in [0.05, 0.1) is 29.3 Å². The van der Waals surface area contributed by atoms with Crippen molar-refractivity contribution in [3.8, 4) is 0 Å². The lowest BCUT2D eigenvalue weighted by Crippen LogP contribution is -2.31. The number of hydrogen-bond acceptors (Lipinski definition) is 5. The summed E-state index contributed by atoms with van der Waals surface area (Å²) >= 11 is 1.69. The van der Waals surface area contributed by atoms with Gasteiger partial charge in [0, 0.05) is 24.2 Å². The molecule has 0 bridgehead atoms. The fourth-order valence-corrected chi connectivity index (χ4v) is 5.99. The molecule has 2 aromatic heterocycles. The molecule has 1 aliphatic rings. The van der Waals surface area contributed by atoms with Gasteiger partial charge < -0.3 is 4.98 Å². The third-order valence-electron chi connectivity index (χ3n) is 6.99. The lowest BCUT2D eigenvalue weighted by molar-refractivity contribution is 0.153. The first-order valence-electron chi connectivity index (χ1n) is 13.0. The van der Waals surface area contributed by atoms with E-state index in [4.69, 9.17) is 9.97 Å². The Hall–Kier alpha value is -3.45. The van der Waals surface area contributed by atoms with Crippen molar-refractivity contribution in [2.75, 3.05) is 0 Å². The van der Waals surface area contributed by atoms with Gasteiger partial charge in [0.2, 0.25) is 0 Å². The molecule has 0 fully saturated rings. The van der Waals surface area contributed by atoms with Gasteiger partial charge in [-0.15, -0.1) is 0 Å². The standard InChI is InChI=1S/C31H31N5S/c1-2-9-23(10-3-1)20-33-37-26-14-6-11-24(19-26)21-36(22-30-34-27-15-4-5-16-28(27)35-30)29-17-7-12-25-13-8-18-32-31(25)29/h1-6,8-11,13-16,18-19,29,33H,7,12,17,20-22H2,(H,34,35). The van der Waals surface area contributed by atoms with Crippen molar-refractivity contribution < 1.29 is 0 Å². The fraction of sp³-hybridized carbons (Fsp3) is 0.226. The Kier molecular flexibility index (Phi) is 7.30. The molecule has 1 atom stereocenters. The Morgan fingerprint density at radius 3 is 2.68 bits per heavy atom. The number of aromatic nitrogens is 3. The number of para-hydroxylation sites is 2. The second kappa shape index (κ2) is 11.3. The highest BCUT2D eigenvalue weighted by Gasteiger charge is 2.28. The molecule has 0 amide bonds. The fourth-order valence-electron chi connectivity index (χ4n) is 5.23. The number of H-pyrrole nitrogens is 1. The van der Waals surface area contributed by atoms with Crippen LogP contribution < -0.4 is 4.72 Å². The zero-order chi connectivity index (χ0) is 24.9. The van der Waals surface area contributed by atoms with Crippen LogP contribution in [-0.4, -0.2) is 19.9 Å². The SMILES string of the molecule is c1ccc(CNSc2cccc(CN(Cc3nc4ccccc4[nH]3)C3CCCc4cccnc43)c2)cc1. The summed E-state index contributed by atoms with van der Waals surface area (Å²) in [7, 11) is 0. The second-order valence-electron chi connectivity index (χ2n) is 9.62. The van der Waals surface area contributed by atoms with E-state index in [1.54, 1.807) is 11.9 Å². The Balaban J connectivity index is 1.23. The second-order valence-corrected chi connectivity index (χ2v) is 10.6. The van der Waals surface area contributed by atoms with Gasteiger partial charge in [-0.05, 0) is 78.2 Å². The third kappa shape index (κ3) is 5.77. The first-order chi connectivity index (χ1) is 18.3. The third-order valence-corrected chi connectivity index (χ3v) is 7.77. The van der Waals surface area contributed by atoms with Crippen LogP contribution in [0.25, 0.3) is 11.0 Å². The predicted molar refractivity (Wildman–Crippen MR) is 151 cm³/mol. The Bertz CT molecular complexity index is 1430. The molecule has 5 nitrogen and oxygen atoms in total. The van der Waals surface area contributed by atoms with Crippen molar-refractivity contribution in [1.29, 1.82) is 0 Å². The molecule has 2 heterocycles. The molecule has 3 aromatic carbocycles. The van der Waals surface area contributed by atoms with Crippen molar-refractivity contribution in [2.45, 2.75) is 49.8 Å². The normalized spacial score (nSPS) is 15.2. The summed E-state index contributed by atoms with van der Waals surface area (Å²) in [5.41, 5.74) is 7.28. The summed E-state index contributed by atoms with van der Waals surface area (Å²) in [4.78, 5) is 17.1. The molecular formula is C31H31N5S. The largest absolute Gasteiger partial charge is 0.341 e. The quantitative estimate of drug-likeness (QED) is 0.215. The molecule has 1 unspecified atom stereocenters. The number of pyridine rings is 1. The summed E-state index contributed by atoms with van der Waals surface area (Å²) in [5.74, 6) is 0.999. The van der Waals surface area contributed by atoms with E-state index in [2.05, 4.69) is 99.5 Å². The molecular weight excluding hydrogens is 474 g/mol. The van der Waals surface area contributed by atoms with Gasteiger partial charge in [-0.3, -0.25) is 14.6 Å². The van der Waals surface area contributed by atoms with E-state index in [0.717, 1.165) is 49.3 Å². The van der Waals surface area contributed by atoms with Crippen LogP contribution >= 0.6 is 11.9 Å². The number of nitrogens with zero attached hydrogens (tertiary/aromatic N) is 3. The lowest BCUT2D eigenvalue weighted by Gasteiger charge is -2.34. The number of imidazole rings is 1. The average Bonchev–Trinajstić information content (AvgIpc) is 3.36. The van der Waals surface area contributed by atoms with Crippen LogP contribution in [-0.2, 0) is 26.1 Å². The summed E-state index contributed by atoms with van der Waals surface area (Å²) in [6.07, 6.45) is 5.33. The summed E-state index contributed by atoms with van der Waals surface area (Å²) in [6.45, 7) is 2.42. The van der Waals surface area contributed by atoms with Gasteiger partial charge in [0.1, 0.15) is 5.82 Å². The van der Waals surface area contributed by atoms with Gasteiger partial charge in [-0.25, -0.2) is 4.98 Å². The van der Waals surface area contributed by atoms with Crippen molar-refractivity contribution >= 4 is 23.0 Å². The Morgan fingerprint density at radius 2 is 1.76 bits per heavy atom. The molecule has 5 aromatic rings. The number of nitrogens with one attached hydrogen (secondary N) is 2. The molecule has 0 aliphatic heterocycles. The molecule has 0 radical (unpaired) electrons. The number of aromatic amines is 1. The molecule has 0 saturated carbocycles. The maximum Gasteiger partial charge on any atom is 0.121 e. The Labute approximate surface area is 222 Å². The van der Waals surface area contributed by atoms with Gasteiger partial charge in [-0.1, -0.05) is 60.7 Å². The minimum absolute atomic E-state index is 0.269. The molecule has 186 valence electrons. The number of aryl methyl sites for hydroxylation is 1. The van der Waals surface area contributed by atoms with Gasteiger partial charge in [0.25, 0.3) is 0 Å². The first-order valence-corrected chi connectivity index (χ1v) is 13.8. The smallest absolute Gasteiger partial charge is 0.121 e. The zero-order valence-corrected chi connectivity index (χ0v) is 21.6. The highest BCUT2D eigenvalue weighted by atomic mass is 32.2. The monoisotopic (exact) mass is 505 g/mol. The van der Waals surface area contributed by atoms with Crippen LogP contribution in [0.1, 0.15) is 47.1 Å². The molecule has 0 saturated heterocycles. The molecule has 6 rings (SSSR count). The highest BCUT2D eigenvalue weighted by Crippen LogP contribution is 2.35. The maximum absolute atomic E-state index is 4.90. The summed E-state index contributed by atoms with van der Waals surface area (Å²) in [5, 5.41) is 0. The van der Waals surface area contributed by atoms with Crippen LogP contribution in [0.3, 0.4) is 0 Å². The van der Waals surface area contributed by atoms with Crippen LogP contribution in [0.2, 0.25) is 0 Å². The maximum atomic E-state index is 4.90. The van der Waals surface area contributed by atoms with E-state index in [1.165, 1.54) is 33.7 Å². The molecule has 37 heavy (non-hydrogen) atoms. The lowest BCUT2D eigenvalue weighted by atomic mass is 9.90. The average molecular weight is 506 g/mol. The van der Waals surface area contributed by atoms with Crippen molar-refractivity contribution in [1.82, 2.24) is 24.6 Å². The van der Waals surface area contributed by atoms with Crippen LogP contribution in [0.15, 0.2) is 102 Å². The van der Waals surface area contributed by atoms with Crippen molar-refractivity contribution in [3.63, 3.8) is 0 Å². The number of rotatable bonds is 9. The number of hydrogen-bond donors (Lipinski definition) is 2. The van der Waals surface area contributed by atoms with Gasteiger partial charge >= 0.3 is 0 Å². The van der Waals surface area contributed by atoms with Gasteiger partial charge in [0.15, 0.2) is 0 Å². The van der Waals surface area contributed by atoms with Crippen LogP contribution in [0.4, 0.5) is 0 Å². The molecule has 6 heteroatoms. The minimum atomic E-state index is 0.269. The number of benzene rings is 3. The van der Waals surface area contributed by atoms with Gasteiger partial charge in [-0.2, -0.15) is 0 Å². The minimum Gasteiger partial charge on any atom is -0.341 e. The summed E-state index contributed by atoms with van der Waals surface area (Å²) < 4.78 is 3.51. The first kappa shape index (κ1) is 23.9. The van der Waals surface area contributed by atoms with Crippen molar-refractivity contribution in [3.05, 3.63) is 125 Å². The molecule has 2 N–H and O–H groups in total. The van der Waals surface area contributed by atoms with E-state index in [0.29, 0.717) is 0 Å². The van der Waals surface area contributed by atoms with Crippen LogP contribution in [0.5, 0.6) is 0 Å². The zero-order valence-electron chi connectivity index (χ0n) is 20.8. The molecule has 0 spiro atoms.